The molecule has 0 unspecified atom stereocenters. The number of primary amides is 1. The zero-order chi connectivity index (χ0) is 23.5. The Hall–Kier alpha value is -3.14. The zero-order valence-electron chi connectivity index (χ0n) is 17.3. The molecule has 10 nitrogen and oxygen atoms in total. The molecule has 1 aromatic heterocycles. The van der Waals surface area contributed by atoms with E-state index >= 15 is 0 Å². The second-order valence-electron chi connectivity index (χ2n) is 6.90. The molecule has 1 fully saturated rings. The molecule has 0 radical (unpaired) electrons. The van der Waals surface area contributed by atoms with E-state index in [-0.39, 0.29) is 50.4 Å². The van der Waals surface area contributed by atoms with Crippen molar-refractivity contribution in [1.82, 2.24) is 4.31 Å². The average Bonchev–Trinajstić information content (AvgIpc) is 3.40. The van der Waals surface area contributed by atoms with Gasteiger partial charge in [-0.1, -0.05) is 0 Å². The molecule has 0 bridgehead atoms. The van der Waals surface area contributed by atoms with E-state index < -0.39 is 21.9 Å². The van der Waals surface area contributed by atoms with E-state index in [2.05, 4.69) is 0 Å². The summed E-state index contributed by atoms with van der Waals surface area (Å²) >= 11 is 0.903. The number of rotatable bonds is 8. The monoisotopic (exact) mass is 478 g/mol. The van der Waals surface area contributed by atoms with Crippen molar-refractivity contribution in [2.45, 2.75) is 31.3 Å². The summed E-state index contributed by atoms with van der Waals surface area (Å²) in [6, 6.07) is 5.76. The van der Waals surface area contributed by atoms with Gasteiger partial charge in [-0.3, -0.25) is 4.79 Å². The molecule has 12 heteroatoms. The first kappa shape index (κ1) is 23.5. The lowest BCUT2D eigenvalue weighted by atomic mass is 10.1. The Kier molecular flexibility index (Phi) is 7.02. The van der Waals surface area contributed by atoms with Crippen LogP contribution < -0.4 is 16.2 Å². The molecule has 0 spiro atoms. The molecule has 0 saturated carbocycles. The summed E-state index contributed by atoms with van der Waals surface area (Å²) < 4.78 is 37.6. The van der Waals surface area contributed by atoms with Crippen molar-refractivity contribution >= 4 is 38.2 Å². The van der Waals surface area contributed by atoms with Crippen molar-refractivity contribution in [2.24, 2.45) is 5.73 Å². The average molecular weight is 479 g/mol. The van der Waals surface area contributed by atoms with Crippen LogP contribution in [-0.2, 0) is 21.4 Å². The van der Waals surface area contributed by atoms with Crippen molar-refractivity contribution in [1.29, 1.82) is 5.26 Å². The highest BCUT2D eigenvalue weighted by Gasteiger charge is 2.29. The third-order valence-corrected chi connectivity index (χ3v) is 7.83. The molecule has 3 rings (SSSR count). The van der Waals surface area contributed by atoms with Gasteiger partial charge in [-0.2, -0.15) is 9.57 Å². The van der Waals surface area contributed by atoms with Gasteiger partial charge in [0.05, 0.1) is 22.6 Å². The molecule has 2 aromatic rings. The maximum atomic E-state index is 12.8. The largest absolute Gasteiger partial charge is 0.488 e. The molecule has 32 heavy (non-hydrogen) atoms. The number of nitriles is 1. The summed E-state index contributed by atoms with van der Waals surface area (Å²) in [6.07, 6.45) is 1.55. The number of hydrogen-bond donors (Lipinski definition) is 2. The predicted molar refractivity (Wildman–Crippen MR) is 117 cm³/mol. The second-order valence-corrected chi connectivity index (χ2v) is 9.89. The second kappa shape index (κ2) is 9.56. The third kappa shape index (κ3) is 4.55. The quantitative estimate of drug-likeness (QED) is 0.542. The third-order valence-electron chi connectivity index (χ3n) is 4.90. The molecule has 1 aliphatic heterocycles. The molecule has 1 aliphatic rings. The molecule has 1 aromatic carbocycles. The normalized spacial score (nSPS) is 14.1. The van der Waals surface area contributed by atoms with Crippen LogP contribution in [-0.4, -0.2) is 44.3 Å². The van der Waals surface area contributed by atoms with Gasteiger partial charge < -0.3 is 20.9 Å². The van der Waals surface area contributed by atoms with Gasteiger partial charge in [-0.15, -0.1) is 11.3 Å². The van der Waals surface area contributed by atoms with Crippen molar-refractivity contribution in [3.63, 3.8) is 0 Å². The molecular formula is C20H22N4O6S2. The Morgan fingerprint density at radius 2 is 1.97 bits per heavy atom. The highest BCUT2D eigenvalue weighted by molar-refractivity contribution is 7.89. The number of carbonyl (C=O) groups excluding carboxylic acids is 2. The number of thiophene rings is 1. The summed E-state index contributed by atoms with van der Waals surface area (Å²) in [7, 11) is -3.76. The molecular weight excluding hydrogens is 456 g/mol. The van der Waals surface area contributed by atoms with Crippen LogP contribution in [0.2, 0.25) is 0 Å². The minimum Gasteiger partial charge on any atom is -0.488 e. The van der Waals surface area contributed by atoms with E-state index in [9.17, 15) is 23.3 Å². The lowest BCUT2D eigenvalue weighted by molar-refractivity contribution is 0.0529. The van der Waals surface area contributed by atoms with Crippen LogP contribution in [0.3, 0.4) is 0 Å². The number of carbonyl (C=O) groups is 2. The van der Waals surface area contributed by atoms with E-state index in [1.807, 2.05) is 6.07 Å². The lowest BCUT2D eigenvalue weighted by Gasteiger charge is -2.17. The van der Waals surface area contributed by atoms with Crippen molar-refractivity contribution in [3.05, 3.63) is 39.8 Å². The van der Waals surface area contributed by atoms with E-state index in [0.29, 0.717) is 13.1 Å². The number of nitrogens with two attached hydrogens (primary N) is 2. The molecule has 0 atom stereocenters. The SMILES string of the molecule is CCOC(=O)c1sc(N)c(C#N)c1COc1ccc(S(=O)(=O)N2CCCC2)cc1C(N)=O. The summed E-state index contributed by atoms with van der Waals surface area (Å²) in [6.45, 7) is 2.34. The van der Waals surface area contributed by atoms with Gasteiger partial charge in [0.2, 0.25) is 10.0 Å². The summed E-state index contributed by atoms with van der Waals surface area (Å²) in [5, 5.41) is 9.55. The first-order valence-electron chi connectivity index (χ1n) is 9.75. The Balaban J connectivity index is 1.93. The highest BCUT2D eigenvalue weighted by atomic mass is 32.2. The van der Waals surface area contributed by atoms with E-state index in [0.717, 1.165) is 24.2 Å². The van der Waals surface area contributed by atoms with Crippen LogP contribution in [0.5, 0.6) is 5.75 Å². The number of nitrogen functional groups attached to an aromatic ring is 1. The fraction of sp³-hybridized carbons (Fsp3) is 0.350. The maximum Gasteiger partial charge on any atom is 0.348 e. The van der Waals surface area contributed by atoms with Gasteiger partial charge in [0.25, 0.3) is 5.91 Å². The number of sulfonamides is 1. The van der Waals surface area contributed by atoms with Crippen LogP contribution in [0, 0.1) is 11.3 Å². The number of esters is 1. The van der Waals surface area contributed by atoms with Crippen LogP contribution >= 0.6 is 11.3 Å². The number of ether oxygens (including phenoxy) is 2. The van der Waals surface area contributed by atoms with Crippen LogP contribution in [0.15, 0.2) is 23.1 Å². The van der Waals surface area contributed by atoms with Crippen LogP contribution in [0.25, 0.3) is 0 Å². The Morgan fingerprint density at radius 3 is 2.56 bits per heavy atom. The van der Waals surface area contributed by atoms with Gasteiger partial charge in [0, 0.05) is 18.7 Å². The van der Waals surface area contributed by atoms with Crippen LogP contribution in [0.1, 0.15) is 50.9 Å². The summed E-state index contributed by atoms with van der Waals surface area (Å²) in [4.78, 5) is 24.3. The molecule has 1 amide bonds. The van der Waals surface area contributed by atoms with Gasteiger partial charge in [0.1, 0.15) is 28.3 Å². The number of hydrogen-bond acceptors (Lipinski definition) is 9. The smallest absolute Gasteiger partial charge is 0.348 e. The summed E-state index contributed by atoms with van der Waals surface area (Å²) in [5.74, 6) is -1.51. The standard InChI is InChI=1S/C20H22N4O6S2/c1-2-29-20(26)17-15(14(10-21)19(23)31-17)11-30-16-6-5-12(9-13(16)18(22)25)32(27,28)24-7-3-4-8-24/h5-6,9H,2-4,7-8,11,23H2,1H3,(H2,22,25). The minimum absolute atomic E-state index is 0.0151. The maximum absolute atomic E-state index is 12.8. The van der Waals surface area contributed by atoms with Crippen molar-refractivity contribution in [2.75, 3.05) is 25.4 Å². The fourth-order valence-corrected chi connectivity index (χ4v) is 5.78. The fourth-order valence-electron chi connectivity index (χ4n) is 3.32. The first-order chi connectivity index (χ1) is 15.2. The first-order valence-corrected chi connectivity index (χ1v) is 12.0. The number of anilines is 1. The lowest BCUT2D eigenvalue weighted by Crippen LogP contribution is -2.28. The highest BCUT2D eigenvalue weighted by Crippen LogP contribution is 2.33. The van der Waals surface area contributed by atoms with Gasteiger partial charge in [0.15, 0.2) is 0 Å². The van der Waals surface area contributed by atoms with Gasteiger partial charge >= 0.3 is 5.97 Å². The number of nitrogens with zero attached hydrogens (tertiary/aromatic N) is 2. The van der Waals surface area contributed by atoms with E-state index in [1.54, 1.807) is 6.92 Å². The Bertz CT molecular complexity index is 1190. The molecule has 170 valence electrons. The van der Waals surface area contributed by atoms with Crippen molar-refractivity contribution < 1.29 is 27.5 Å². The number of amides is 1. The predicted octanol–water partition coefficient (Wildman–Crippen LogP) is 1.84. The number of benzene rings is 1. The minimum atomic E-state index is -3.76. The molecule has 4 N–H and O–H groups in total. The van der Waals surface area contributed by atoms with E-state index in [4.69, 9.17) is 20.9 Å². The van der Waals surface area contributed by atoms with Gasteiger partial charge in [-0.25, -0.2) is 13.2 Å². The Labute approximate surface area is 189 Å². The summed E-state index contributed by atoms with van der Waals surface area (Å²) in [5.41, 5.74) is 11.5. The molecule has 0 aliphatic carbocycles. The molecule has 1 saturated heterocycles. The van der Waals surface area contributed by atoms with Crippen LogP contribution in [0.4, 0.5) is 5.00 Å². The molecule has 2 heterocycles. The zero-order valence-corrected chi connectivity index (χ0v) is 18.9. The van der Waals surface area contributed by atoms with Crippen molar-refractivity contribution in [3.8, 4) is 11.8 Å². The Morgan fingerprint density at radius 1 is 1.28 bits per heavy atom. The van der Waals surface area contributed by atoms with Gasteiger partial charge in [-0.05, 0) is 38.0 Å². The topological polar surface area (TPSA) is 166 Å². The van der Waals surface area contributed by atoms with E-state index in [1.165, 1.54) is 22.5 Å².